The van der Waals surface area contributed by atoms with Gasteiger partial charge in [0.15, 0.2) is 0 Å². The zero-order valence-corrected chi connectivity index (χ0v) is 11.4. The summed E-state index contributed by atoms with van der Waals surface area (Å²) in [7, 11) is 3.44. The lowest BCUT2D eigenvalue weighted by Crippen LogP contribution is -2.30. The fraction of sp³-hybridized carbons (Fsp3) is 0.571. The van der Waals surface area contributed by atoms with Crippen molar-refractivity contribution in [2.24, 2.45) is 0 Å². The van der Waals surface area contributed by atoms with Crippen LogP contribution in [0.2, 0.25) is 0 Å². The first-order valence-electron chi connectivity index (χ1n) is 6.57. The molecular weight excluding hydrogens is 250 g/mol. The molecule has 1 aliphatic heterocycles. The average molecular weight is 270 g/mol. The maximum atomic E-state index is 14.0. The normalized spacial score (nSPS) is 18.8. The van der Waals surface area contributed by atoms with Crippen LogP contribution in [0, 0.1) is 11.6 Å². The Kier molecular flexibility index (Phi) is 4.71. The SMILES string of the molecule is CNCc1cc(F)c(N(C)CC2CCCO2)c(F)c1. The summed E-state index contributed by atoms with van der Waals surface area (Å²) in [5, 5.41) is 2.88. The lowest BCUT2D eigenvalue weighted by atomic mass is 10.1. The van der Waals surface area contributed by atoms with Gasteiger partial charge in [0, 0.05) is 26.7 Å². The Labute approximate surface area is 112 Å². The molecule has 5 heteroatoms. The van der Waals surface area contributed by atoms with Crippen LogP contribution < -0.4 is 10.2 Å². The topological polar surface area (TPSA) is 24.5 Å². The van der Waals surface area contributed by atoms with Crippen molar-refractivity contribution in [3.63, 3.8) is 0 Å². The van der Waals surface area contributed by atoms with E-state index in [2.05, 4.69) is 5.32 Å². The predicted molar refractivity (Wildman–Crippen MR) is 71.4 cm³/mol. The lowest BCUT2D eigenvalue weighted by molar-refractivity contribution is 0.116. The molecule has 1 aliphatic rings. The van der Waals surface area contributed by atoms with Gasteiger partial charge in [0.2, 0.25) is 0 Å². The van der Waals surface area contributed by atoms with E-state index in [1.165, 1.54) is 12.1 Å². The third-order valence-corrected chi connectivity index (χ3v) is 3.34. The van der Waals surface area contributed by atoms with Gasteiger partial charge >= 0.3 is 0 Å². The minimum absolute atomic E-state index is 0.0235. The Morgan fingerprint density at radius 1 is 1.37 bits per heavy atom. The number of halogens is 2. The highest BCUT2D eigenvalue weighted by Crippen LogP contribution is 2.25. The van der Waals surface area contributed by atoms with E-state index in [0.717, 1.165) is 19.4 Å². The van der Waals surface area contributed by atoms with Gasteiger partial charge in [0.05, 0.1) is 6.10 Å². The van der Waals surface area contributed by atoms with Crippen LogP contribution in [0.5, 0.6) is 0 Å². The predicted octanol–water partition coefficient (Wildman–Crippen LogP) is 2.30. The molecule has 0 spiro atoms. The van der Waals surface area contributed by atoms with E-state index in [1.807, 2.05) is 0 Å². The molecule has 0 saturated carbocycles. The second-order valence-electron chi connectivity index (χ2n) is 4.95. The van der Waals surface area contributed by atoms with Crippen LogP contribution in [0.15, 0.2) is 12.1 Å². The van der Waals surface area contributed by atoms with Gasteiger partial charge in [-0.25, -0.2) is 8.78 Å². The number of rotatable bonds is 5. The molecule has 0 aromatic heterocycles. The first kappa shape index (κ1) is 14.2. The summed E-state index contributed by atoms with van der Waals surface area (Å²) in [5.41, 5.74) is 0.627. The van der Waals surface area contributed by atoms with Crippen molar-refractivity contribution < 1.29 is 13.5 Å². The zero-order valence-electron chi connectivity index (χ0n) is 11.4. The Morgan fingerprint density at radius 2 is 2.05 bits per heavy atom. The number of nitrogens with one attached hydrogen (secondary N) is 1. The zero-order chi connectivity index (χ0) is 13.8. The van der Waals surface area contributed by atoms with Crippen molar-refractivity contribution in [2.45, 2.75) is 25.5 Å². The summed E-state index contributed by atoms with van der Waals surface area (Å²) in [6, 6.07) is 2.75. The standard InChI is InChI=1S/C14H20F2N2O/c1-17-8-10-6-12(15)14(13(16)7-10)18(2)9-11-4-3-5-19-11/h6-7,11,17H,3-5,8-9H2,1-2H3. The van der Waals surface area contributed by atoms with Gasteiger partial charge in [-0.05, 0) is 37.6 Å². The minimum Gasteiger partial charge on any atom is -0.376 e. The van der Waals surface area contributed by atoms with Gasteiger partial charge in [0.1, 0.15) is 17.3 Å². The second kappa shape index (κ2) is 6.30. The fourth-order valence-electron chi connectivity index (χ4n) is 2.47. The summed E-state index contributed by atoms with van der Waals surface area (Å²) in [5.74, 6) is -1.04. The highest BCUT2D eigenvalue weighted by Gasteiger charge is 2.21. The summed E-state index contributed by atoms with van der Waals surface area (Å²) < 4.78 is 33.5. The maximum absolute atomic E-state index is 14.0. The highest BCUT2D eigenvalue weighted by atomic mass is 19.1. The number of likely N-dealkylation sites (N-methyl/N-ethyl adjacent to an activating group) is 1. The molecule has 2 rings (SSSR count). The average Bonchev–Trinajstić information content (AvgIpc) is 2.81. The van der Waals surface area contributed by atoms with Crippen LogP contribution in [-0.4, -0.2) is 33.4 Å². The van der Waals surface area contributed by atoms with Crippen molar-refractivity contribution in [2.75, 3.05) is 32.1 Å². The molecule has 19 heavy (non-hydrogen) atoms. The molecule has 1 atom stereocenters. The molecule has 1 fully saturated rings. The third kappa shape index (κ3) is 3.42. The van der Waals surface area contributed by atoms with Crippen LogP contribution in [0.25, 0.3) is 0 Å². The van der Waals surface area contributed by atoms with E-state index in [0.29, 0.717) is 18.7 Å². The molecule has 0 bridgehead atoms. The van der Waals surface area contributed by atoms with E-state index in [4.69, 9.17) is 4.74 Å². The minimum atomic E-state index is -0.522. The molecule has 1 saturated heterocycles. The van der Waals surface area contributed by atoms with Gasteiger partial charge in [0.25, 0.3) is 0 Å². The van der Waals surface area contributed by atoms with Crippen LogP contribution in [0.4, 0.5) is 14.5 Å². The first-order chi connectivity index (χ1) is 9.11. The molecule has 0 aliphatic carbocycles. The number of hydrogen-bond donors (Lipinski definition) is 1. The molecule has 0 radical (unpaired) electrons. The quantitative estimate of drug-likeness (QED) is 0.888. The van der Waals surface area contributed by atoms with Crippen LogP contribution in [0.1, 0.15) is 18.4 Å². The Morgan fingerprint density at radius 3 is 2.58 bits per heavy atom. The van der Waals surface area contributed by atoms with Crippen molar-refractivity contribution in [3.8, 4) is 0 Å². The monoisotopic (exact) mass is 270 g/mol. The number of ether oxygens (including phenoxy) is 1. The Hall–Kier alpha value is -1.20. The smallest absolute Gasteiger partial charge is 0.149 e. The van der Waals surface area contributed by atoms with E-state index < -0.39 is 11.6 Å². The molecule has 1 aromatic rings. The fourth-order valence-corrected chi connectivity index (χ4v) is 2.47. The van der Waals surface area contributed by atoms with Crippen molar-refractivity contribution in [1.29, 1.82) is 0 Å². The second-order valence-corrected chi connectivity index (χ2v) is 4.95. The number of hydrogen-bond acceptors (Lipinski definition) is 3. The number of benzene rings is 1. The largest absolute Gasteiger partial charge is 0.376 e. The lowest BCUT2D eigenvalue weighted by Gasteiger charge is -2.24. The maximum Gasteiger partial charge on any atom is 0.149 e. The van der Waals surface area contributed by atoms with E-state index in [9.17, 15) is 8.78 Å². The van der Waals surface area contributed by atoms with Crippen molar-refractivity contribution in [3.05, 3.63) is 29.3 Å². The van der Waals surface area contributed by atoms with Gasteiger partial charge in [-0.15, -0.1) is 0 Å². The Bertz CT molecular complexity index is 410. The molecule has 1 heterocycles. The molecule has 3 nitrogen and oxygen atoms in total. The van der Waals surface area contributed by atoms with E-state index in [-0.39, 0.29) is 11.8 Å². The number of anilines is 1. The molecule has 1 unspecified atom stereocenters. The van der Waals surface area contributed by atoms with E-state index >= 15 is 0 Å². The van der Waals surface area contributed by atoms with E-state index in [1.54, 1.807) is 19.0 Å². The van der Waals surface area contributed by atoms with Crippen molar-refractivity contribution in [1.82, 2.24) is 5.32 Å². The third-order valence-electron chi connectivity index (χ3n) is 3.34. The molecule has 106 valence electrons. The van der Waals surface area contributed by atoms with Crippen molar-refractivity contribution >= 4 is 5.69 Å². The Balaban J connectivity index is 2.13. The summed E-state index contributed by atoms with van der Waals surface area (Å²) in [6.07, 6.45) is 2.04. The molecular formula is C14H20F2N2O. The van der Waals surface area contributed by atoms with Crippen LogP contribution in [-0.2, 0) is 11.3 Å². The van der Waals surface area contributed by atoms with Gasteiger partial charge in [-0.3, -0.25) is 0 Å². The van der Waals surface area contributed by atoms with Gasteiger partial charge < -0.3 is 15.0 Å². The van der Waals surface area contributed by atoms with Gasteiger partial charge in [-0.2, -0.15) is 0 Å². The molecule has 1 aromatic carbocycles. The first-order valence-corrected chi connectivity index (χ1v) is 6.57. The molecule has 0 amide bonds. The summed E-state index contributed by atoms with van der Waals surface area (Å²) in [6.45, 7) is 1.70. The summed E-state index contributed by atoms with van der Waals surface area (Å²) >= 11 is 0. The van der Waals surface area contributed by atoms with Gasteiger partial charge in [-0.1, -0.05) is 0 Å². The molecule has 1 N–H and O–H groups in total. The van der Waals surface area contributed by atoms with Crippen LogP contribution in [0.3, 0.4) is 0 Å². The van der Waals surface area contributed by atoms with Crippen LogP contribution >= 0.6 is 0 Å². The summed E-state index contributed by atoms with van der Waals surface area (Å²) in [4.78, 5) is 1.60. The highest BCUT2D eigenvalue weighted by molar-refractivity contribution is 5.50. The number of nitrogens with zero attached hydrogens (tertiary/aromatic N) is 1.